The molecule has 4 heterocycles. The molecule has 1 fully saturated rings. The fraction of sp³-hybridized carbons (Fsp3) is 0.310. The van der Waals surface area contributed by atoms with Crippen molar-refractivity contribution in [2.45, 2.75) is 30.7 Å². The first-order valence-electron chi connectivity index (χ1n) is 13.1. The van der Waals surface area contributed by atoms with Gasteiger partial charge in [0, 0.05) is 50.2 Å². The lowest BCUT2D eigenvalue weighted by molar-refractivity contribution is 0.357. The van der Waals surface area contributed by atoms with Gasteiger partial charge in [-0.2, -0.15) is 19.3 Å². The third-order valence-corrected chi connectivity index (χ3v) is 9.86. The van der Waals surface area contributed by atoms with Gasteiger partial charge in [0.25, 0.3) is 10.0 Å². The fourth-order valence-corrected chi connectivity index (χ4v) is 7.52. The molecule has 3 aromatic heterocycles. The number of fused-ring (bicyclic) bond motifs is 1. The second kappa shape index (κ2) is 9.53. The van der Waals surface area contributed by atoms with Gasteiger partial charge in [-0.05, 0) is 54.2 Å². The van der Waals surface area contributed by atoms with E-state index >= 15 is 0 Å². The van der Waals surface area contributed by atoms with E-state index in [1.165, 1.54) is 21.6 Å². The molecule has 1 aliphatic heterocycles. The van der Waals surface area contributed by atoms with E-state index < -0.39 is 15.4 Å². The van der Waals surface area contributed by atoms with Crippen molar-refractivity contribution in [3.05, 3.63) is 100 Å². The molecule has 0 amide bonds. The number of rotatable bonds is 6. The van der Waals surface area contributed by atoms with E-state index in [4.69, 9.17) is 0 Å². The fourth-order valence-electron chi connectivity index (χ4n) is 6.04. The summed E-state index contributed by atoms with van der Waals surface area (Å²) in [6.45, 7) is 4.91. The predicted molar refractivity (Wildman–Crippen MR) is 152 cm³/mol. The molecule has 5 aromatic rings. The smallest absolute Gasteiger partial charge is 0.264 e. The summed E-state index contributed by atoms with van der Waals surface area (Å²) in [6, 6.07) is 17.8. The maximum atomic E-state index is 13.6. The number of aromatic nitrogens is 6. The second-order valence-corrected chi connectivity index (χ2v) is 12.7. The summed E-state index contributed by atoms with van der Waals surface area (Å²) in [5.41, 5.74) is 4.46. The molecule has 0 N–H and O–H groups in total. The molecule has 2 unspecified atom stereocenters. The van der Waals surface area contributed by atoms with E-state index in [1.807, 2.05) is 29.1 Å². The van der Waals surface area contributed by atoms with Gasteiger partial charge in [-0.3, -0.25) is 4.79 Å². The maximum Gasteiger partial charge on any atom is 0.264 e. The highest BCUT2D eigenvalue weighted by atomic mass is 32.2. The number of hydrogen-bond acceptors (Lipinski definition) is 6. The van der Waals surface area contributed by atoms with Crippen molar-refractivity contribution in [2.75, 3.05) is 13.1 Å². The van der Waals surface area contributed by atoms with E-state index in [-0.39, 0.29) is 16.5 Å². The number of hydrogen-bond donors (Lipinski definition) is 0. The van der Waals surface area contributed by atoms with Gasteiger partial charge >= 0.3 is 0 Å². The van der Waals surface area contributed by atoms with Crippen LogP contribution in [0.2, 0.25) is 0 Å². The van der Waals surface area contributed by atoms with Crippen molar-refractivity contribution in [1.82, 2.24) is 33.6 Å². The zero-order chi connectivity index (χ0) is 28.2. The van der Waals surface area contributed by atoms with Gasteiger partial charge in [0.15, 0.2) is 0 Å². The Hall–Kier alpha value is -4.09. The van der Waals surface area contributed by atoms with E-state index in [2.05, 4.69) is 53.4 Å². The van der Waals surface area contributed by atoms with E-state index in [1.54, 1.807) is 30.7 Å². The Morgan fingerprint density at radius 1 is 1.02 bits per heavy atom. The minimum Gasteiger partial charge on any atom is -0.316 e. The van der Waals surface area contributed by atoms with E-state index in [9.17, 15) is 13.2 Å². The highest BCUT2D eigenvalue weighted by Gasteiger charge is 2.50. The summed E-state index contributed by atoms with van der Waals surface area (Å²) < 4.78 is 32.2. The zero-order valence-electron chi connectivity index (χ0n) is 22.9. The molecule has 6 rings (SSSR count). The van der Waals surface area contributed by atoms with Gasteiger partial charge in [-0.15, -0.1) is 5.10 Å². The topological polar surface area (TPSA) is 108 Å². The van der Waals surface area contributed by atoms with Gasteiger partial charge in [-0.1, -0.05) is 37.3 Å². The molecular formula is C29H31N7O3S. The molecule has 206 valence electrons. The predicted octanol–water partition coefficient (Wildman–Crippen LogP) is 2.98. The Morgan fingerprint density at radius 3 is 2.50 bits per heavy atom. The minimum atomic E-state index is -3.82. The van der Waals surface area contributed by atoms with Gasteiger partial charge in [0.1, 0.15) is 0 Å². The summed E-state index contributed by atoms with van der Waals surface area (Å²) in [5, 5.41) is 13.6. The van der Waals surface area contributed by atoms with Crippen LogP contribution in [0.25, 0.3) is 16.6 Å². The number of benzene rings is 2. The van der Waals surface area contributed by atoms with Gasteiger partial charge in [-0.25, -0.2) is 13.1 Å². The third-order valence-electron chi connectivity index (χ3n) is 8.19. The summed E-state index contributed by atoms with van der Waals surface area (Å²) in [4.78, 5) is 13.2. The monoisotopic (exact) mass is 557 g/mol. The number of aryl methyl sites for hydroxylation is 3. The van der Waals surface area contributed by atoms with Gasteiger partial charge in [0.05, 0.1) is 23.6 Å². The number of pyridine rings is 1. The quantitative estimate of drug-likeness (QED) is 0.318. The van der Waals surface area contributed by atoms with Crippen LogP contribution >= 0.6 is 0 Å². The molecule has 1 aliphatic rings. The number of sulfonamides is 1. The van der Waals surface area contributed by atoms with Crippen LogP contribution < -0.4 is 5.56 Å². The van der Waals surface area contributed by atoms with E-state index in [0.29, 0.717) is 19.5 Å². The van der Waals surface area contributed by atoms with Crippen molar-refractivity contribution in [2.24, 2.45) is 20.0 Å². The Kier molecular flexibility index (Phi) is 6.23. The van der Waals surface area contributed by atoms with Crippen LogP contribution in [0.4, 0.5) is 0 Å². The van der Waals surface area contributed by atoms with Crippen LogP contribution in [0.5, 0.6) is 0 Å². The highest BCUT2D eigenvalue weighted by molar-refractivity contribution is 7.89. The first-order valence-corrected chi connectivity index (χ1v) is 14.6. The van der Waals surface area contributed by atoms with E-state index in [0.717, 1.165) is 33.3 Å². The SMILES string of the molecule is Cc1cc2c(cnn2-c2ccc(=O)n(C)c2)cc1C1(Cc2ccccc2)CN(S(=O)(=O)c2cnn(C)n2)CC1C. The maximum absolute atomic E-state index is 13.6. The lowest BCUT2D eigenvalue weighted by Gasteiger charge is -2.35. The average molecular weight is 558 g/mol. The van der Waals surface area contributed by atoms with Crippen LogP contribution in [-0.4, -0.2) is 55.2 Å². The Morgan fingerprint density at radius 2 is 1.80 bits per heavy atom. The Labute approximate surface area is 232 Å². The zero-order valence-corrected chi connectivity index (χ0v) is 23.7. The van der Waals surface area contributed by atoms with Crippen LogP contribution in [0.15, 0.2) is 83.0 Å². The molecule has 11 heteroatoms. The molecule has 0 radical (unpaired) electrons. The largest absolute Gasteiger partial charge is 0.316 e. The molecule has 0 aliphatic carbocycles. The third kappa shape index (κ3) is 4.25. The molecule has 10 nitrogen and oxygen atoms in total. The normalized spacial score (nSPS) is 19.9. The average Bonchev–Trinajstić information content (AvgIpc) is 3.64. The molecule has 0 spiro atoms. The Bertz CT molecular complexity index is 1890. The van der Waals surface area contributed by atoms with Crippen molar-refractivity contribution in [3.8, 4) is 5.69 Å². The van der Waals surface area contributed by atoms with Crippen LogP contribution in [0.1, 0.15) is 23.6 Å². The molecular weight excluding hydrogens is 526 g/mol. The molecule has 0 saturated carbocycles. The summed E-state index contributed by atoms with van der Waals surface area (Å²) >= 11 is 0. The van der Waals surface area contributed by atoms with Crippen molar-refractivity contribution < 1.29 is 8.42 Å². The first-order chi connectivity index (χ1) is 19.1. The van der Waals surface area contributed by atoms with Crippen molar-refractivity contribution in [3.63, 3.8) is 0 Å². The lowest BCUT2D eigenvalue weighted by Crippen LogP contribution is -2.39. The number of nitrogens with zero attached hydrogens (tertiary/aromatic N) is 7. The van der Waals surface area contributed by atoms with Crippen LogP contribution in [-0.2, 0) is 36.0 Å². The highest BCUT2D eigenvalue weighted by Crippen LogP contribution is 2.45. The molecule has 2 aromatic carbocycles. The standard InChI is InChI=1S/C29H31N7O3S/c1-20-12-26-23(15-31-36(26)24-10-11-28(37)33(3)18-24)13-25(20)29(14-22-8-6-5-7-9-22)19-35(17-21(29)2)40(38,39)27-16-30-34(4)32-27/h5-13,15-16,18,21H,14,17,19H2,1-4H3. The Balaban J connectivity index is 1.48. The van der Waals surface area contributed by atoms with Crippen LogP contribution in [0.3, 0.4) is 0 Å². The molecule has 1 saturated heterocycles. The van der Waals surface area contributed by atoms with Gasteiger partial charge < -0.3 is 4.57 Å². The first kappa shape index (κ1) is 26.1. The molecule has 40 heavy (non-hydrogen) atoms. The van der Waals surface area contributed by atoms with Crippen molar-refractivity contribution >= 4 is 20.9 Å². The molecule has 2 atom stereocenters. The second-order valence-electron chi connectivity index (χ2n) is 10.8. The van der Waals surface area contributed by atoms with Gasteiger partial charge in [0.2, 0.25) is 10.6 Å². The summed E-state index contributed by atoms with van der Waals surface area (Å²) in [5.74, 6) is 0.0222. The summed E-state index contributed by atoms with van der Waals surface area (Å²) in [6.07, 6.45) is 5.58. The van der Waals surface area contributed by atoms with Crippen LogP contribution in [0, 0.1) is 12.8 Å². The lowest BCUT2D eigenvalue weighted by atomic mass is 9.68. The van der Waals surface area contributed by atoms with Crippen molar-refractivity contribution in [1.29, 1.82) is 0 Å². The summed E-state index contributed by atoms with van der Waals surface area (Å²) in [7, 11) is -0.493. The molecule has 0 bridgehead atoms. The minimum absolute atomic E-state index is 0.0222.